The molecule has 107 valence electrons. The van der Waals surface area contributed by atoms with Crippen LogP contribution in [-0.4, -0.2) is 26.7 Å². The fourth-order valence-electron chi connectivity index (χ4n) is 2.22. The molecule has 1 radical (unpaired) electrons. The van der Waals surface area contributed by atoms with Crippen LogP contribution in [-0.2, 0) is 5.21 Å². The fourth-order valence-corrected chi connectivity index (χ4v) is 2.22. The van der Waals surface area contributed by atoms with E-state index in [2.05, 4.69) is 0 Å². The first-order valence-corrected chi connectivity index (χ1v) is 6.44. The van der Waals surface area contributed by atoms with Crippen molar-refractivity contribution in [1.29, 1.82) is 10.5 Å². The van der Waals surface area contributed by atoms with Crippen LogP contribution < -0.4 is 0 Å². The predicted molar refractivity (Wildman–Crippen MR) is 74.3 cm³/mol. The molecule has 1 aromatic carbocycles. The Morgan fingerprint density at radius 2 is 1.71 bits per heavy atom. The molecule has 1 aromatic rings. The van der Waals surface area contributed by atoms with Crippen LogP contribution in [0.15, 0.2) is 18.2 Å². The Bertz CT molecular complexity index is 720. The summed E-state index contributed by atoms with van der Waals surface area (Å²) in [5, 5.41) is 43.7. The van der Waals surface area contributed by atoms with Gasteiger partial charge in [-0.2, -0.15) is 10.5 Å². The van der Waals surface area contributed by atoms with E-state index in [4.69, 9.17) is 10.5 Å². The summed E-state index contributed by atoms with van der Waals surface area (Å²) < 4.78 is 0.683. The lowest BCUT2D eigenvalue weighted by Crippen LogP contribution is -2.53. The second-order valence-electron chi connectivity index (χ2n) is 6.01. The first-order chi connectivity index (χ1) is 9.68. The fraction of sp³-hybridized carbons (Fsp3) is 0.400. The van der Waals surface area contributed by atoms with Crippen LogP contribution in [0.4, 0.5) is 0 Å². The van der Waals surface area contributed by atoms with Crippen molar-refractivity contribution in [2.75, 3.05) is 0 Å². The van der Waals surface area contributed by atoms with Crippen LogP contribution in [0.1, 0.15) is 44.4 Å². The summed E-state index contributed by atoms with van der Waals surface area (Å²) in [6.45, 7) is 6.80. The number of hydrogen-bond acceptors (Lipinski definition) is 4. The molecule has 0 atom stereocenters. The van der Waals surface area contributed by atoms with Crippen molar-refractivity contribution in [2.24, 2.45) is 0 Å². The minimum absolute atomic E-state index is 0.0361. The number of benzene rings is 1. The van der Waals surface area contributed by atoms with Gasteiger partial charge in [0, 0.05) is 5.21 Å². The first-order valence-electron chi connectivity index (χ1n) is 6.44. The molecule has 0 aliphatic carbocycles. The Labute approximate surface area is 123 Å². The lowest BCUT2D eigenvalue weighted by Gasteiger charge is -2.32. The summed E-state index contributed by atoms with van der Waals surface area (Å²) in [5.41, 5.74) is -1.12. The van der Waals surface area contributed by atoms with Gasteiger partial charge < -0.3 is 5.21 Å². The maximum atomic E-state index is 12.5. The summed E-state index contributed by atoms with van der Waals surface area (Å²) in [5.74, 6) is -0.0361. The molecule has 1 aliphatic rings. The lowest BCUT2D eigenvalue weighted by atomic mass is 9.84. The topological polar surface area (TPSA) is 96.8 Å². The van der Waals surface area contributed by atoms with Crippen molar-refractivity contribution in [3.63, 3.8) is 0 Å². The zero-order valence-electron chi connectivity index (χ0n) is 12.3. The predicted octanol–water partition coefficient (Wildman–Crippen LogP) is 1.91. The summed E-state index contributed by atoms with van der Waals surface area (Å²) in [6, 6.07) is 8.17. The smallest absolute Gasteiger partial charge is 0.316 e. The summed E-state index contributed by atoms with van der Waals surface area (Å²) >= 11 is 0. The number of amidine groups is 1. The molecule has 6 heteroatoms. The normalized spacial score (nSPS) is 19.3. The molecule has 0 unspecified atom stereocenters. The van der Waals surface area contributed by atoms with Gasteiger partial charge in [0.1, 0.15) is 17.7 Å². The Hall–Kier alpha value is -2.57. The summed E-state index contributed by atoms with van der Waals surface area (Å²) in [4.78, 5) is 0. The molecule has 0 amide bonds. The number of hydrogen-bond donors (Lipinski definition) is 0. The zero-order valence-corrected chi connectivity index (χ0v) is 12.3. The molecule has 0 saturated carbocycles. The highest BCUT2D eigenvalue weighted by Crippen LogP contribution is 2.37. The van der Waals surface area contributed by atoms with Crippen LogP contribution in [0.5, 0.6) is 0 Å². The van der Waals surface area contributed by atoms with Gasteiger partial charge in [0.2, 0.25) is 0 Å². The Morgan fingerprint density at radius 3 is 2.14 bits per heavy atom. The van der Waals surface area contributed by atoms with Crippen molar-refractivity contribution in [1.82, 2.24) is 5.06 Å². The van der Waals surface area contributed by atoms with E-state index in [-0.39, 0.29) is 17.0 Å². The molecule has 0 spiro atoms. The molecular weight excluding hydrogens is 268 g/mol. The van der Waals surface area contributed by atoms with Gasteiger partial charge in [-0.05, 0) is 45.9 Å². The third-order valence-electron chi connectivity index (χ3n) is 4.42. The molecule has 0 saturated heterocycles. The molecule has 2 rings (SSSR count). The van der Waals surface area contributed by atoms with Crippen molar-refractivity contribution < 1.29 is 9.95 Å². The van der Waals surface area contributed by atoms with E-state index >= 15 is 0 Å². The number of hydroxylamine groups is 3. The molecule has 6 nitrogen and oxygen atoms in total. The molecule has 1 heterocycles. The standard InChI is InChI=1S/C15H15N4O2/c1-14(2)15(3,4)19(21)13(18(14)20)10-5-6-11(8-16)12(7-10)9-17/h5-7H,1-4H3. The molecule has 1 aliphatic heterocycles. The van der Waals surface area contributed by atoms with Crippen LogP contribution in [0, 0.1) is 27.9 Å². The molecule has 0 bridgehead atoms. The second-order valence-corrected chi connectivity index (χ2v) is 6.01. The highest BCUT2D eigenvalue weighted by Gasteiger charge is 2.59. The van der Waals surface area contributed by atoms with E-state index in [1.807, 2.05) is 12.1 Å². The highest BCUT2D eigenvalue weighted by atomic mass is 16.5. The van der Waals surface area contributed by atoms with Gasteiger partial charge >= 0.3 is 5.84 Å². The van der Waals surface area contributed by atoms with Gasteiger partial charge in [-0.1, -0.05) is 5.06 Å². The summed E-state index contributed by atoms with van der Waals surface area (Å²) in [6.07, 6.45) is 0. The van der Waals surface area contributed by atoms with E-state index < -0.39 is 11.1 Å². The van der Waals surface area contributed by atoms with Gasteiger partial charge in [0.05, 0.1) is 16.7 Å². The summed E-state index contributed by atoms with van der Waals surface area (Å²) in [7, 11) is 0. The van der Waals surface area contributed by atoms with Gasteiger partial charge in [-0.25, -0.2) is 0 Å². The Balaban J connectivity index is 2.66. The highest BCUT2D eigenvalue weighted by molar-refractivity contribution is 5.96. The molecule has 21 heavy (non-hydrogen) atoms. The van der Waals surface area contributed by atoms with E-state index in [1.165, 1.54) is 18.2 Å². The third-order valence-corrected chi connectivity index (χ3v) is 4.42. The van der Waals surface area contributed by atoms with Crippen molar-refractivity contribution in [3.8, 4) is 12.1 Å². The molecule has 0 N–H and O–H groups in total. The Morgan fingerprint density at radius 1 is 1.14 bits per heavy atom. The van der Waals surface area contributed by atoms with E-state index in [0.717, 1.165) is 0 Å². The van der Waals surface area contributed by atoms with Gasteiger partial charge in [0.25, 0.3) is 0 Å². The first kappa shape index (κ1) is 14.8. The van der Waals surface area contributed by atoms with E-state index in [9.17, 15) is 10.4 Å². The maximum Gasteiger partial charge on any atom is 0.316 e. The molecule has 0 aromatic heterocycles. The lowest BCUT2D eigenvalue weighted by molar-refractivity contribution is -0.539. The quantitative estimate of drug-likeness (QED) is 0.580. The van der Waals surface area contributed by atoms with E-state index in [0.29, 0.717) is 15.4 Å². The van der Waals surface area contributed by atoms with Crippen molar-refractivity contribution in [3.05, 3.63) is 40.1 Å². The second kappa shape index (κ2) is 4.47. The van der Waals surface area contributed by atoms with Crippen LogP contribution in [0.3, 0.4) is 0 Å². The number of rotatable bonds is 1. The zero-order chi connectivity index (χ0) is 16.0. The van der Waals surface area contributed by atoms with Crippen LogP contribution in [0.2, 0.25) is 0 Å². The van der Waals surface area contributed by atoms with Crippen LogP contribution >= 0.6 is 0 Å². The van der Waals surface area contributed by atoms with Crippen molar-refractivity contribution in [2.45, 2.75) is 38.8 Å². The monoisotopic (exact) mass is 283 g/mol. The minimum atomic E-state index is -0.912. The Kier molecular flexibility index (Phi) is 3.16. The SMILES string of the molecule is CC1(C)N([O])C(c2ccc(C#N)c(C#N)c2)=[N+]([O-])C1(C)C. The van der Waals surface area contributed by atoms with Gasteiger partial charge in [-0.15, -0.1) is 0 Å². The number of nitrogens with zero attached hydrogens (tertiary/aromatic N) is 4. The van der Waals surface area contributed by atoms with Crippen LogP contribution in [0.25, 0.3) is 0 Å². The van der Waals surface area contributed by atoms with Crippen molar-refractivity contribution >= 4 is 5.84 Å². The van der Waals surface area contributed by atoms with E-state index in [1.54, 1.807) is 27.7 Å². The van der Waals surface area contributed by atoms with Gasteiger partial charge in [-0.3, -0.25) is 4.74 Å². The number of nitriles is 2. The maximum absolute atomic E-state index is 12.5. The third kappa shape index (κ3) is 1.84. The largest absolute Gasteiger partial charge is 0.714 e. The average molecular weight is 283 g/mol. The van der Waals surface area contributed by atoms with Gasteiger partial charge in [0.15, 0.2) is 5.54 Å². The molecule has 0 fully saturated rings. The molecular formula is C15H15N4O2. The average Bonchev–Trinajstić information content (AvgIpc) is 2.57. The minimum Gasteiger partial charge on any atom is -0.714 e.